The first-order valence-corrected chi connectivity index (χ1v) is 5.98. The van der Waals surface area contributed by atoms with Gasteiger partial charge in [-0.15, -0.1) is 0 Å². The molecule has 0 saturated heterocycles. The van der Waals surface area contributed by atoms with E-state index in [4.69, 9.17) is 0 Å². The van der Waals surface area contributed by atoms with E-state index in [0.717, 1.165) is 13.1 Å². The Morgan fingerprint density at radius 1 is 1.18 bits per heavy atom. The molecular weight excluding hydrogens is 214 g/mol. The minimum Gasteiger partial charge on any atom is -0.306 e. The smallest absolute Gasteiger partial charge is 0.0638 e. The summed E-state index contributed by atoms with van der Waals surface area (Å²) in [6.45, 7) is 6.00. The number of aryl methyl sites for hydroxylation is 2. The zero-order valence-corrected chi connectivity index (χ0v) is 10.6. The second-order valence-electron chi connectivity index (χ2n) is 4.07. The molecule has 92 valence electrons. The summed E-state index contributed by atoms with van der Waals surface area (Å²) >= 11 is 0. The van der Waals surface area contributed by atoms with Crippen LogP contribution in [-0.2, 0) is 13.6 Å². The summed E-state index contributed by atoms with van der Waals surface area (Å²) in [6, 6.07) is 0.175. The number of aromatic nitrogens is 4. The molecule has 17 heavy (non-hydrogen) atoms. The highest BCUT2D eigenvalue weighted by atomic mass is 15.3. The molecule has 2 aromatic rings. The third kappa shape index (κ3) is 2.55. The van der Waals surface area contributed by atoms with E-state index < -0.39 is 0 Å². The Hall–Kier alpha value is -1.62. The van der Waals surface area contributed by atoms with Gasteiger partial charge in [0.25, 0.3) is 0 Å². The molecule has 0 saturated carbocycles. The lowest BCUT2D eigenvalue weighted by Gasteiger charge is -2.14. The standard InChI is InChI=1S/C12H19N5/c1-4-13-12(10-6-14-16(3)8-10)11-7-15-17(5-2)9-11/h6-9,12-13H,4-5H2,1-3H3. The number of nitrogens with zero attached hydrogens (tertiary/aromatic N) is 4. The highest BCUT2D eigenvalue weighted by molar-refractivity contribution is 5.25. The van der Waals surface area contributed by atoms with E-state index in [1.807, 2.05) is 35.0 Å². The van der Waals surface area contributed by atoms with Gasteiger partial charge in [0.1, 0.15) is 0 Å². The van der Waals surface area contributed by atoms with Crippen LogP contribution in [0.3, 0.4) is 0 Å². The van der Waals surface area contributed by atoms with Crippen LogP contribution < -0.4 is 5.32 Å². The average Bonchev–Trinajstić information content (AvgIpc) is 2.94. The molecule has 1 N–H and O–H groups in total. The van der Waals surface area contributed by atoms with Crippen molar-refractivity contribution in [2.45, 2.75) is 26.4 Å². The molecular formula is C12H19N5. The average molecular weight is 233 g/mol. The Morgan fingerprint density at radius 3 is 2.41 bits per heavy atom. The lowest BCUT2D eigenvalue weighted by atomic mass is 10.1. The van der Waals surface area contributed by atoms with Crippen molar-refractivity contribution in [2.24, 2.45) is 7.05 Å². The summed E-state index contributed by atoms with van der Waals surface area (Å²) in [5.41, 5.74) is 2.35. The largest absolute Gasteiger partial charge is 0.306 e. The van der Waals surface area contributed by atoms with Crippen LogP contribution in [-0.4, -0.2) is 26.1 Å². The van der Waals surface area contributed by atoms with Crippen molar-refractivity contribution >= 4 is 0 Å². The molecule has 2 rings (SSSR count). The van der Waals surface area contributed by atoms with Gasteiger partial charge in [0.05, 0.1) is 18.4 Å². The van der Waals surface area contributed by atoms with Gasteiger partial charge in [0.2, 0.25) is 0 Å². The van der Waals surface area contributed by atoms with Crippen molar-refractivity contribution < 1.29 is 0 Å². The molecule has 0 aliphatic carbocycles. The zero-order chi connectivity index (χ0) is 12.3. The van der Waals surface area contributed by atoms with Gasteiger partial charge in [-0.3, -0.25) is 9.36 Å². The number of nitrogens with one attached hydrogen (secondary N) is 1. The van der Waals surface area contributed by atoms with E-state index in [1.165, 1.54) is 11.1 Å². The van der Waals surface area contributed by atoms with E-state index in [1.54, 1.807) is 0 Å². The van der Waals surface area contributed by atoms with Gasteiger partial charge < -0.3 is 5.32 Å². The van der Waals surface area contributed by atoms with Gasteiger partial charge in [0.15, 0.2) is 0 Å². The van der Waals surface area contributed by atoms with Crippen molar-refractivity contribution in [3.05, 3.63) is 35.9 Å². The molecule has 0 radical (unpaired) electrons. The number of hydrogen-bond donors (Lipinski definition) is 1. The number of hydrogen-bond acceptors (Lipinski definition) is 3. The fourth-order valence-corrected chi connectivity index (χ4v) is 1.92. The second-order valence-corrected chi connectivity index (χ2v) is 4.07. The Labute approximate surface area is 101 Å². The highest BCUT2D eigenvalue weighted by Gasteiger charge is 2.16. The summed E-state index contributed by atoms with van der Waals surface area (Å²) in [5.74, 6) is 0. The van der Waals surface area contributed by atoms with Crippen molar-refractivity contribution in [2.75, 3.05) is 6.54 Å². The Bertz CT molecular complexity index is 471. The maximum absolute atomic E-state index is 4.32. The Balaban J connectivity index is 2.28. The molecule has 0 spiro atoms. The van der Waals surface area contributed by atoms with Crippen LogP contribution in [0.5, 0.6) is 0 Å². The number of rotatable bonds is 5. The minimum atomic E-state index is 0.175. The van der Waals surface area contributed by atoms with Gasteiger partial charge in [0, 0.05) is 37.1 Å². The van der Waals surface area contributed by atoms with Gasteiger partial charge in [-0.1, -0.05) is 6.92 Å². The molecule has 1 unspecified atom stereocenters. The van der Waals surface area contributed by atoms with Gasteiger partial charge in [-0.25, -0.2) is 0 Å². The van der Waals surface area contributed by atoms with E-state index in [9.17, 15) is 0 Å². The first-order valence-electron chi connectivity index (χ1n) is 5.98. The molecule has 0 aromatic carbocycles. The normalized spacial score (nSPS) is 12.9. The van der Waals surface area contributed by atoms with Crippen molar-refractivity contribution in [1.29, 1.82) is 0 Å². The molecule has 0 aliphatic rings. The van der Waals surface area contributed by atoms with Crippen LogP contribution in [0.2, 0.25) is 0 Å². The molecule has 0 bridgehead atoms. The van der Waals surface area contributed by atoms with Crippen LogP contribution in [0.15, 0.2) is 24.8 Å². The molecule has 5 heteroatoms. The van der Waals surface area contributed by atoms with E-state index in [-0.39, 0.29) is 6.04 Å². The van der Waals surface area contributed by atoms with Crippen molar-refractivity contribution in [3.8, 4) is 0 Å². The summed E-state index contributed by atoms with van der Waals surface area (Å²) in [5, 5.41) is 12.0. The lowest BCUT2D eigenvalue weighted by Crippen LogP contribution is -2.21. The van der Waals surface area contributed by atoms with E-state index >= 15 is 0 Å². The fourth-order valence-electron chi connectivity index (χ4n) is 1.92. The van der Waals surface area contributed by atoms with Crippen LogP contribution in [0.4, 0.5) is 0 Å². The highest BCUT2D eigenvalue weighted by Crippen LogP contribution is 2.20. The zero-order valence-electron chi connectivity index (χ0n) is 10.6. The summed E-state index contributed by atoms with van der Waals surface area (Å²) in [7, 11) is 1.93. The quantitative estimate of drug-likeness (QED) is 0.847. The van der Waals surface area contributed by atoms with Crippen LogP contribution in [0, 0.1) is 0 Å². The Morgan fingerprint density at radius 2 is 1.88 bits per heavy atom. The summed E-state index contributed by atoms with van der Waals surface area (Å²) in [4.78, 5) is 0. The fraction of sp³-hybridized carbons (Fsp3) is 0.500. The topological polar surface area (TPSA) is 47.7 Å². The molecule has 0 fully saturated rings. The minimum absolute atomic E-state index is 0.175. The Kier molecular flexibility index (Phi) is 3.58. The molecule has 1 atom stereocenters. The molecule has 2 aromatic heterocycles. The summed E-state index contributed by atoms with van der Waals surface area (Å²) < 4.78 is 3.76. The SMILES string of the molecule is CCNC(c1cnn(C)c1)c1cnn(CC)c1. The maximum atomic E-state index is 4.32. The third-order valence-corrected chi connectivity index (χ3v) is 2.78. The second kappa shape index (κ2) is 5.14. The van der Waals surface area contributed by atoms with Crippen LogP contribution in [0.1, 0.15) is 31.0 Å². The molecule has 0 amide bonds. The first-order chi connectivity index (χ1) is 8.24. The predicted molar refractivity (Wildman–Crippen MR) is 66.6 cm³/mol. The lowest BCUT2D eigenvalue weighted by molar-refractivity contribution is 0.624. The van der Waals surface area contributed by atoms with Gasteiger partial charge in [-0.2, -0.15) is 10.2 Å². The third-order valence-electron chi connectivity index (χ3n) is 2.78. The van der Waals surface area contributed by atoms with Crippen LogP contribution >= 0.6 is 0 Å². The first kappa shape index (κ1) is 11.9. The van der Waals surface area contributed by atoms with Crippen LogP contribution in [0.25, 0.3) is 0 Å². The summed E-state index contributed by atoms with van der Waals surface area (Å²) in [6.07, 6.45) is 7.94. The van der Waals surface area contributed by atoms with E-state index in [0.29, 0.717) is 0 Å². The monoisotopic (exact) mass is 233 g/mol. The molecule has 5 nitrogen and oxygen atoms in total. The van der Waals surface area contributed by atoms with Gasteiger partial charge >= 0.3 is 0 Å². The van der Waals surface area contributed by atoms with E-state index in [2.05, 4.69) is 35.6 Å². The van der Waals surface area contributed by atoms with Crippen molar-refractivity contribution in [3.63, 3.8) is 0 Å². The van der Waals surface area contributed by atoms with Gasteiger partial charge in [-0.05, 0) is 13.5 Å². The maximum Gasteiger partial charge on any atom is 0.0638 e. The van der Waals surface area contributed by atoms with Crippen molar-refractivity contribution in [1.82, 2.24) is 24.9 Å². The molecule has 0 aliphatic heterocycles. The predicted octanol–water partition coefficient (Wildman–Crippen LogP) is 1.34. The molecule has 2 heterocycles.